The summed E-state index contributed by atoms with van der Waals surface area (Å²) in [5.74, 6) is -1.44. The number of hydrogen-bond acceptors (Lipinski definition) is 2. The second-order valence-corrected chi connectivity index (χ2v) is 4.26. The molecule has 0 aliphatic rings. The predicted octanol–water partition coefficient (Wildman–Crippen LogP) is 3.39. The lowest BCUT2D eigenvalue weighted by molar-refractivity contribution is 0.105. The van der Waals surface area contributed by atoms with Crippen LogP contribution in [0.15, 0.2) is 42.5 Å². The van der Waals surface area contributed by atoms with Crippen LogP contribution in [0.4, 0.5) is 8.78 Å². The average molecular weight is 264 g/mol. The number of ether oxygens (including phenoxy) is 1. The molecule has 0 fully saturated rings. The molecule has 2 aromatic rings. The molecule has 0 bridgehead atoms. The molecule has 0 aromatic heterocycles. The Morgan fingerprint density at radius 3 is 2.63 bits per heavy atom. The highest BCUT2D eigenvalue weighted by atomic mass is 19.1. The van der Waals surface area contributed by atoms with Crippen LogP contribution in [0.5, 0.6) is 5.75 Å². The van der Waals surface area contributed by atoms with Gasteiger partial charge >= 0.3 is 0 Å². The lowest BCUT2D eigenvalue weighted by Gasteiger charge is -2.15. The topological polar surface area (TPSA) is 29.5 Å². The van der Waals surface area contributed by atoms with E-state index >= 15 is 0 Å². The van der Waals surface area contributed by atoms with Gasteiger partial charge in [-0.25, -0.2) is 8.78 Å². The molecule has 0 saturated carbocycles. The van der Waals surface area contributed by atoms with E-state index in [0.717, 1.165) is 23.8 Å². The monoisotopic (exact) mass is 264 g/mol. The molecular formula is C15H14F2O2. The molecule has 100 valence electrons. The molecule has 0 aliphatic carbocycles. The molecule has 1 atom stereocenters. The molecule has 1 N–H and O–H groups in total. The first kappa shape index (κ1) is 13.5. The van der Waals surface area contributed by atoms with Gasteiger partial charge in [-0.05, 0) is 30.2 Å². The van der Waals surface area contributed by atoms with Crippen LogP contribution in [0.1, 0.15) is 17.2 Å². The molecule has 0 heterocycles. The van der Waals surface area contributed by atoms with Crippen molar-refractivity contribution in [2.24, 2.45) is 0 Å². The first-order chi connectivity index (χ1) is 9.08. The van der Waals surface area contributed by atoms with E-state index in [1.807, 2.05) is 19.1 Å². The number of halogens is 2. The molecule has 0 amide bonds. The minimum absolute atomic E-state index is 0.134. The molecule has 0 aliphatic heterocycles. The van der Waals surface area contributed by atoms with Crippen LogP contribution < -0.4 is 4.74 Å². The van der Waals surface area contributed by atoms with Gasteiger partial charge in [-0.2, -0.15) is 0 Å². The molecule has 2 aromatic carbocycles. The third-order valence-electron chi connectivity index (χ3n) is 2.84. The number of aliphatic hydroxyl groups excluding tert-OH is 1. The summed E-state index contributed by atoms with van der Waals surface area (Å²) >= 11 is 0. The second-order valence-electron chi connectivity index (χ2n) is 4.26. The van der Waals surface area contributed by atoms with Crippen LogP contribution >= 0.6 is 0 Å². The maximum Gasteiger partial charge on any atom is 0.165 e. The highest BCUT2D eigenvalue weighted by molar-refractivity contribution is 5.28. The Labute approximate surface area is 110 Å². The molecule has 0 radical (unpaired) electrons. The van der Waals surface area contributed by atoms with Crippen molar-refractivity contribution < 1.29 is 18.6 Å². The number of aliphatic hydroxyl groups is 1. The minimum Gasteiger partial charge on any atom is -0.487 e. The van der Waals surface area contributed by atoms with E-state index in [4.69, 9.17) is 4.74 Å². The normalized spacial score (nSPS) is 12.2. The zero-order chi connectivity index (χ0) is 13.8. The van der Waals surface area contributed by atoms with Gasteiger partial charge in [-0.1, -0.05) is 24.3 Å². The smallest absolute Gasteiger partial charge is 0.165 e. The van der Waals surface area contributed by atoms with Gasteiger partial charge in [0.15, 0.2) is 11.6 Å². The molecular weight excluding hydrogens is 250 g/mol. The summed E-state index contributed by atoms with van der Waals surface area (Å²) < 4.78 is 31.4. The van der Waals surface area contributed by atoms with Gasteiger partial charge in [0.1, 0.15) is 18.5 Å². The Kier molecular flexibility index (Phi) is 4.12. The van der Waals surface area contributed by atoms with Crippen molar-refractivity contribution in [3.63, 3.8) is 0 Å². The first-order valence-electron chi connectivity index (χ1n) is 5.89. The lowest BCUT2D eigenvalue weighted by Crippen LogP contribution is -2.11. The van der Waals surface area contributed by atoms with E-state index in [2.05, 4.69) is 0 Å². The first-order valence-corrected chi connectivity index (χ1v) is 5.89. The minimum atomic E-state index is -0.885. The van der Waals surface area contributed by atoms with Gasteiger partial charge in [0, 0.05) is 6.07 Å². The third-order valence-corrected chi connectivity index (χ3v) is 2.84. The van der Waals surface area contributed by atoms with Crippen LogP contribution in [-0.2, 0) is 0 Å². The van der Waals surface area contributed by atoms with Crippen molar-refractivity contribution in [1.82, 2.24) is 0 Å². The van der Waals surface area contributed by atoms with E-state index in [1.165, 1.54) is 0 Å². The number of hydrogen-bond donors (Lipinski definition) is 1. The summed E-state index contributed by atoms with van der Waals surface area (Å²) in [7, 11) is 0. The molecule has 0 saturated heterocycles. The van der Waals surface area contributed by atoms with E-state index in [-0.39, 0.29) is 12.4 Å². The number of aryl methyl sites for hydroxylation is 1. The Balaban J connectivity index is 2.06. The van der Waals surface area contributed by atoms with Crippen LogP contribution in [0.25, 0.3) is 0 Å². The van der Waals surface area contributed by atoms with Crippen molar-refractivity contribution in [2.45, 2.75) is 13.0 Å². The molecule has 2 rings (SSSR count). The average Bonchev–Trinajstić information content (AvgIpc) is 2.40. The van der Waals surface area contributed by atoms with Crippen LogP contribution in [0, 0.1) is 18.6 Å². The van der Waals surface area contributed by atoms with Gasteiger partial charge in [0.2, 0.25) is 0 Å². The summed E-state index contributed by atoms with van der Waals surface area (Å²) in [6, 6.07) is 10.3. The fraction of sp³-hybridized carbons (Fsp3) is 0.200. The van der Waals surface area contributed by atoms with Gasteiger partial charge < -0.3 is 9.84 Å². The van der Waals surface area contributed by atoms with Crippen molar-refractivity contribution in [3.8, 4) is 5.75 Å². The molecule has 0 spiro atoms. The lowest BCUT2D eigenvalue weighted by atomic mass is 10.0. The van der Waals surface area contributed by atoms with Crippen LogP contribution in [0.3, 0.4) is 0 Å². The van der Waals surface area contributed by atoms with E-state index in [9.17, 15) is 13.9 Å². The summed E-state index contributed by atoms with van der Waals surface area (Å²) in [6.07, 6.45) is -0.885. The van der Waals surface area contributed by atoms with Crippen molar-refractivity contribution in [2.75, 3.05) is 6.61 Å². The maximum absolute atomic E-state index is 13.3. The quantitative estimate of drug-likeness (QED) is 0.917. The molecule has 2 nitrogen and oxygen atoms in total. The molecule has 4 heteroatoms. The van der Waals surface area contributed by atoms with E-state index in [1.54, 1.807) is 12.1 Å². The number of rotatable bonds is 4. The Morgan fingerprint density at radius 1 is 1.16 bits per heavy atom. The zero-order valence-electron chi connectivity index (χ0n) is 10.4. The van der Waals surface area contributed by atoms with Crippen molar-refractivity contribution in [3.05, 3.63) is 65.2 Å². The zero-order valence-corrected chi connectivity index (χ0v) is 10.4. The van der Waals surface area contributed by atoms with E-state index in [0.29, 0.717) is 5.56 Å². The summed E-state index contributed by atoms with van der Waals surface area (Å²) in [4.78, 5) is 0. The molecule has 19 heavy (non-hydrogen) atoms. The SMILES string of the molecule is Cc1ccccc1C(O)COc1cc(F)ccc1F. The number of benzene rings is 2. The van der Waals surface area contributed by atoms with Gasteiger partial charge in [0.25, 0.3) is 0 Å². The second kappa shape index (κ2) is 5.80. The third kappa shape index (κ3) is 3.29. The van der Waals surface area contributed by atoms with E-state index < -0.39 is 17.7 Å². The van der Waals surface area contributed by atoms with Crippen molar-refractivity contribution >= 4 is 0 Å². The summed E-state index contributed by atoms with van der Waals surface area (Å²) in [5, 5.41) is 9.98. The van der Waals surface area contributed by atoms with Crippen LogP contribution in [0.2, 0.25) is 0 Å². The Morgan fingerprint density at radius 2 is 1.89 bits per heavy atom. The fourth-order valence-corrected chi connectivity index (χ4v) is 1.81. The van der Waals surface area contributed by atoms with Gasteiger partial charge in [-0.15, -0.1) is 0 Å². The predicted molar refractivity (Wildman–Crippen MR) is 68.0 cm³/mol. The molecule has 1 unspecified atom stereocenters. The standard InChI is InChI=1S/C15H14F2O2/c1-10-4-2-3-5-12(10)14(18)9-19-15-8-11(16)6-7-13(15)17/h2-8,14,18H,9H2,1H3. The van der Waals surface area contributed by atoms with Crippen LogP contribution in [-0.4, -0.2) is 11.7 Å². The highest BCUT2D eigenvalue weighted by Gasteiger charge is 2.12. The van der Waals surface area contributed by atoms with Crippen molar-refractivity contribution in [1.29, 1.82) is 0 Å². The Hall–Kier alpha value is -1.94. The Bertz CT molecular complexity index is 570. The summed E-state index contributed by atoms with van der Waals surface area (Å²) in [6.45, 7) is 1.73. The summed E-state index contributed by atoms with van der Waals surface area (Å²) in [5.41, 5.74) is 1.62. The van der Waals surface area contributed by atoms with Gasteiger partial charge in [0.05, 0.1) is 0 Å². The highest BCUT2D eigenvalue weighted by Crippen LogP contribution is 2.22. The van der Waals surface area contributed by atoms with Gasteiger partial charge in [-0.3, -0.25) is 0 Å². The fourth-order valence-electron chi connectivity index (χ4n) is 1.81. The maximum atomic E-state index is 13.3. The largest absolute Gasteiger partial charge is 0.487 e.